The second-order valence-corrected chi connectivity index (χ2v) is 4.01. The monoisotopic (exact) mass is 281 g/mol. The first-order valence-corrected chi connectivity index (χ1v) is 6.24. The molecule has 0 saturated carbocycles. The molecule has 0 spiro atoms. The third-order valence-electron chi connectivity index (χ3n) is 2.61. The lowest BCUT2D eigenvalue weighted by Crippen LogP contribution is -2.36. The molecule has 110 valence electrons. The minimum Gasteiger partial charge on any atom is -0.493 e. The van der Waals surface area contributed by atoms with Gasteiger partial charge in [-0.15, -0.1) is 0 Å². The van der Waals surface area contributed by atoms with Crippen LogP contribution in [0.3, 0.4) is 0 Å². The van der Waals surface area contributed by atoms with E-state index in [1.165, 1.54) is 20.3 Å². The van der Waals surface area contributed by atoms with Crippen molar-refractivity contribution in [1.29, 1.82) is 0 Å². The predicted octanol–water partition coefficient (Wildman–Crippen LogP) is 1.39. The van der Waals surface area contributed by atoms with Crippen LogP contribution in [-0.2, 0) is 9.53 Å². The predicted molar refractivity (Wildman–Crippen MR) is 73.1 cm³/mol. The molecule has 6 heteroatoms. The molecular weight excluding hydrogens is 262 g/mol. The number of methoxy groups -OCH3 is 2. The number of nitrogens with one attached hydrogen (secondary N) is 1. The van der Waals surface area contributed by atoms with Gasteiger partial charge in [-0.2, -0.15) is 0 Å². The fourth-order valence-corrected chi connectivity index (χ4v) is 1.57. The number of likely N-dealkylation sites (N-methyl/N-ethyl adjacent to an activating group) is 1. The summed E-state index contributed by atoms with van der Waals surface area (Å²) < 4.78 is 15.3. The summed E-state index contributed by atoms with van der Waals surface area (Å²) in [6.07, 6.45) is -0.659. The Morgan fingerprint density at radius 2 is 1.95 bits per heavy atom. The lowest BCUT2D eigenvalue weighted by Gasteiger charge is -2.16. The first-order valence-electron chi connectivity index (χ1n) is 6.24. The molecule has 0 aliphatic rings. The molecular formula is C14H19NO5. The van der Waals surface area contributed by atoms with Crippen LogP contribution in [0.15, 0.2) is 18.2 Å². The number of hydrogen-bond acceptors (Lipinski definition) is 5. The second kappa shape index (κ2) is 7.37. The Bertz CT molecular complexity index is 486. The van der Waals surface area contributed by atoms with E-state index in [4.69, 9.17) is 9.47 Å². The number of carbonyl (C=O) groups excluding carboxylic acids is 2. The highest BCUT2D eigenvalue weighted by atomic mass is 16.5. The minimum atomic E-state index is -0.659. The van der Waals surface area contributed by atoms with Crippen molar-refractivity contribution in [3.63, 3.8) is 0 Å². The zero-order valence-corrected chi connectivity index (χ0v) is 12.1. The van der Waals surface area contributed by atoms with Crippen molar-refractivity contribution in [3.05, 3.63) is 23.8 Å². The summed E-state index contributed by atoms with van der Waals surface area (Å²) in [5.41, 5.74) is 0.349. The molecule has 0 heterocycles. The van der Waals surface area contributed by atoms with Gasteiger partial charge in [-0.05, 0) is 32.0 Å². The summed E-state index contributed by atoms with van der Waals surface area (Å²) in [5.74, 6) is 0.0705. The number of ether oxygens (including phenoxy) is 3. The summed E-state index contributed by atoms with van der Waals surface area (Å²) in [5, 5.41) is 2.66. The molecule has 6 nitrogen and oxygen atoms in total. The van der Waals surface area contributed by atoms with Crippen molar-refractivity contribution in [1.82, 2.24) is 5.32 Å². The molecule has 1 aromatic carbocycles. The number of amides is 1. The van der Waals surface area contributed by atoms with E-state index in [0.29, 0.717) is 23.6 Å². The van der Waals surface area contributed by atoms with Crippen LogP contribution < -0.4 is 14.8 Å². The van der Waals surface area contributed by atoms with Gasteiger partial charge < -0.3 is 19.5 Å². The van der Waals surface area contributed by atoms with Crippen molar-refractivity contribution < 1.29 is 23.8 Å². The normalized spacial score (nSPS) is 11.4. The smallest absolute Gasteiger partial charge is 0.337 e. The Morgan fingerprint density at radius 3 is 2.50 bits per heavy atom. The van der Waals surface area contributed by atoms with E-state index in [1.54, 1.807) is 19.1 Å². The van der Waals surface area contributed by atoms with Crippen LogP contribution in [0.4, 0.5) is 0 Å². The highest BCUT2D eigenvalue weighted by molar-refractivity contribution is 5.90. The van der Waals surface area contributed by atoms with Gasteiger partial charge in [0.1, 0.15) is 0 Å². The summed E-state index contributed by atoms with van der Waals surface area (Å²) in [6, 6.07) is 4.63. The van der Waals surface area contributed by atoms with E-state index in [-0.39, 0.29) is 5.91 Å². The maximum absolute atomic E-state index is 11.6. The number of rotatable bonds is 6. The summed E-state index contributed by atoms with van der Waals surface area (Å²) in [4.78, 5) is 23.0. The Balaban J connectivity index is 2.90. The number of benzene rings is 1. The van der Waals surface area contributed by atoms with Crippen LogP contribution in [0.1, 0.15) is 24.2 Å². The highest BCUT2D eigenvalue weighted by Crippen LogP contribution is 2.29. The van der Waals surface area contributed by atoms with Crippen molar-refractivity contribution in [2.75, 3.05) is 20.8 Å². The van der Waals surface area contributed by atoms with Gasteiger partial charge in [0.05, 0.1) is 19.8 Å². The second-order valence-electron chi connectivity index (χ2n) is 4.01. The Labute approximate surface area is 118 Å². The van der Waals surface area contributed by atoms with Gasteiger partial charge in [-0.1, -0.05) is 0 Å². The molecule has 20 heavy (non-hydrogen) atoms. The van der Waals surface area contributed by atoms with Crippen LogP contribution in [0, 0.1) is 0 Å². The number of esters is 1. The standard InChI is InChI=1S/C14H19NO5/c1-5-15-13(16)9(2)20-11-7-6-10(14(17)19-4)8-12(11)18-3/h6-9H,5H2,1-4H3,(H,15,16)/t9-/m0/s1. The number of carbonyl (C=O) groups is 2. The van der Waals surface area contributed by atoms with Crippen LogP contribution in [0.25, 0.3) is 0 Å². The molecule has 0 fully saturated rings. The fourth-order valence-electron chi connectivity index (χ4n) is 1.57. The molecule has 1 atom stereocenters. The van der Waals surface area contributed by atoms with Gasteiger partial charge in [0.25, 0.3) is 5.91 Å². The van der Waals surface area contributed by atoms with Gasteiger partial charge in [0, 0.05) is 6.54 Å². The van der Waals surface area contributed by atoms with Gasteiger partial charge in [0.15, 0.2) is 17.6 Å². The molecule has 0 unspecified atom stereocenters. The molecule has 0 aromatic heterocycles. The molecule has 0 saturated heterocycles. The Hall–Kier alpha value is -2.24. The molecule has 0 aliphatic carbocycles. The Kier molecular flexibility index (Phi) is 5.83. The summed E-state index contributed by atoms with van der Waals surface area (Å²) in [7, 11) is 2.76. The third-order valence-corrected chi connectivity index (χ3v) is 2.61. The van der Waals surface area contributed by atoms with Gasteiger partial charge in [-0.3, -0.25) is 4.79 Å². The average molecular weight is 281 g/mol. The average Bonchev–Trinajstić information content (AvgIpc) is 2.46. The highest BCUT2D eigenvalue weighted by Gasteiger charge is 2.17. The van der Waals surface area contributed by atoms with Crippen molar-refractivity contribution in [3.8, 4) is 11.5 Å². The van der Waals surface area contributed by atoms with E-state index < -0.39 is 12.1 Å². The third kappa shape index (κ3) is 3.88. The van der Waals surface area contributed by atoms with Gasteiger partial charge in [-0.25, -0.2) is 4.79 Å². The van der Waals surface area contributed by atoms with Crippen LogP contribution in [0.5, 0.6) is 11.5 Å². The molecule has 0 aliphatic heterocycles. The van der Waals surface area contributed by atoms with Crippen molar-refractivity contribution in [2.45, 2.75) is 20.0 Å². The van der Waals surface area contributed by atoms with E-state index in [2.05, 4.69) is 10.1 Å². The largest absolute Gasteiger partial charge is 0.493 e. The van der Waals surface area contributed by atoms with E-state index in [9.17, 15) is 9.59 Å². The summed E-state index contributed by atoms with van der Waals surface area (Å²) >= 11 is 0. The fraction of sp³-hybridized carbons (Fsp3) is 0.429. The first kappa shape index (κ1) is 15.8. The van der Waals surface area contributed by atoms with Crippen LogP contribution in [-0.4, -0.2) is 38.7 Å². The van der Waals surface area contributed by atoms with Gasteiger partial charge >= 0.3 is 5.97 Å². The summed E-state index contributed by atoms with van der Waals surface area (Å²) in [6.45, 7) is 4.00. The Morgan fingerprint density at radius 1 is 1.25 bits per heavy atom. The van der Waals surface area contributed by atoms with E-state index in [0.717, 1.165) is 0 Å². The molecule has 1 amide bonds. The van der Waals surface area contributed by atoms with Crippen molar-refractivity contribution >= 4 is 11.9 Å². The van der Waals surface area contributed by atoms with Crippen LogP contribution >= 0.6 is 0 Å². The van der Waals surface area contributed by atoms with E-state index >= 15 is 0 Å². The first-order chi connectivity index (χ1) is 9.53. The lowest BCUT2D eigenvalue weighted by molar-refractivity contribution is -0.127. The topological polar surface area (TPSA) is 73.9 Å². The molecule has 0 radical (unpaired) electrons. The molecule has 1 N–H and O–H groups in total. The molecule has 1 rings (SSSR count). The van der Waals surface area contributed by atoms with Gasteiger partial charge in [0.2, 0.25) is 0 Å². The van der Waals surface area contributed by atoms with E-state index in [1.807, 2.05) is 6.92 Å². The zero-order valence-electron chi connectivity index (χ0n) is 12.1. The molecule has 1 aromatic rings. The lowest BCUT2D eigenvalue weighted by atomic mass is 10.2. The maximum Gasteiger partial charge on any atom is 0.337 e. The minimum absolute atomic E-state index is 0.216. The number of hydrogen-bond donors (Lipinski definition) is 1. The van der Waals surface area contributed by atoms with Crippen molar-refractivity contribution in [2.24, 2.45) is 0 Å². The maximum atomic E-state index is 11.6. The SMILES string of the molecule is CCNC(=O)[C@H](C)Oc1ccc(C(=O)OC)cc1OC. The quantitative estimate of drug-likeness (QED) is 0.797. The zero-order chi connectivity index (χ0) is 15.1. The molecule has 0 bridgehead atoms. The van der Waals surface area contributed by atoms with Crippen LogP contribution in [0.2, 0.25) is 0 Å².